The Hall–Kier alpha value is -1.72. The lowest BCUT2D eigenvalue weighted by molar-refractivity contribution is 0.104. The van der Waals surface area contributed by atoms with Gasteiger partial charge in [-0.1, -0.05) is 50.1 Å². The summed E-state index contributed by atoms with van der Waals surface area (Å²) in [6.07, 6.45) is 2.94. The maximum Gasteiger partial charge on any atom is 0.220 e. The second-order valence-electron chi connectivity index (χ2n) is 4.21. The van der Waals surface area contributed by atoms with Crippen molar-refractivity contribution in [2.24, 2.45) is 0 Å². The second kappa shape index (κ2) is 6.83. The van der Waals surface area contributed by atoms with Crippen molar-refractivity contribution in [2.75, 3.05) is 0 Å². The molecule has 0 spiro atoms. The molecular formula is C16H10Br2O3. The van der Waals surface area contributed by atoms with Crippen LogP contribution in [0.25, 0.3) is 6.08 Å². The van der Waals surface area contributed by atoms with E-state index in [1.54, 1.807) is 6.08 Å². The van der Waals surface area contributed by atoms with Crippen molar-refractivity contribution in [3.63, 3.8) is 0 Å². The van der Waals surface area contributed by atoms with Gasteiger partial charge in [0.2, 0.25) is 5.43 Å². The van der Waals surface area contributed by atoms with E-state index in [1.165, 1.54) is 24.3 Å². The van der Waals surface area contributed by atoms with E-state index in [-0.39, 0.29) is 5.56 Å². The SMILES string of the molecule is O=C(/C=C/c1ccccc1Br)c1cc(Br)ccc(=O)c1O. The molecule has 0 aliphatic heterocycles. The van der Waals surface area contributed by atoms with Gasteiger partial charge in [-0.3, -0.25) is 9.59 Å². The molecule has 0 saturated heterocycles. The molecule has 3 nitrogen and oxygen atoms in total. The van der Waals surface area contributed by atoms with Gasteiger partial charge in [0.05, 0.1) is 5.56 Å². The number of halogens is 2. The molecule has 1 N–H and O–H groups in total. The summed E-state index contributed by atoms with van der Waals surface area (Å²) in [7, 11) is 0. The Morgan fingerprint density at radius 2 is 1.81 bits per heavy atom. The summed E-state index contributed by atoms with van der Waals surface area (Å²) in [6, 6.07) is 11.5. The Balaban J connectivity index is 2.41. The molecule has 0 aliphatic carbocycles. The zero-order valence-corrected chi connectivity index (χ0v) is 13.9. The summed E-state index contributed by atoms with van der Waals surface area (Å²) in [5.74, 6) is -1.00. The zero-order valence-electron chi connectivity index (χ0n) is 10.7. The molecule has 0 aliphatic rings. The van der Waals surface area contributed by atoms with Crippen LogP contribution in [0.3, 0.4) is 0 Å². The van der Waals surface area contributed by atoms with Gasteiger partial charge in [0.1, 0.15) is 0 Å². The number of rotatable bonds is 3. The van der Waals surface area contributed by atoms with Crippen molar-refractivity contribution < 1.29 is 9.90 Å². The highest BCUT2D eigenvalue weighted by Crippen LogP contribution is 2.20. The highest BCUT2D eigenvalue weighted by molar-refractivity contribution is 9.10. The van der Waals surface area contributed by atoms with Crippen molar-refractivity contribution in [3.8, 4) is 5.75 Å². The smallest absolute Gasteiger partial charge is 0.220 e. The van der Waals surface area contributed by atoms with Crippen molar-refractivity contribution >= 4 is 43.7 Å². The molecule has 0 atom stereocenters. The monoisotopic (exact) mass is 408 g/mol. The van der Waals surface area contributed by atoms with Crippen LogP contribution < -0.4 is 5.43 Å². The molecule has 2 aromatic carbocycles. The molecule has 0 bridgehead atoms. The van der Waals surface area contributed by atoms with E-state index >= 15 is 0 Å². The number of hydrogen-bond donors (Lipinski definition) is 1. The van der Waals surface area contributed by atoms with Crippen LogP contribution in [0.1, 0.15) is 15.9 Å². The third kappa shape index (κ3) is 3.89. The van der Waals surface area contributed by atoms with E-state index in [9.17, 15) is 14.7 Å². The molecule has 0 fully saturated rings. The molecule has 0 unspecified atom stereocenters. The van der Waals surface area contributed by atoms with Gasteiger partial charge in [-0.05, 0) is 42.0 Å². The Kier molecular flexibility index (Phi) is 5.09. The van der Waals surface area contributed by atoms with Crippen LogP contribution in [0.5, 0.6) is 5.75 Å². The predicted octanol–water partition coefficient (Wildman–Crippen LogP) is 4.17. The fourth-order valence-electron chi connectivity index (χ4n) is 1.67. The highest BCUT2D eigenvalue weighted by Gasteiger charge is 2.11. The fourth-order valence-corrected chi connectivity index (χ4v) is 2.45. The van der Waals surface area contributed by atoms with Crippen LogP contribution in [-0.2, 0) is 0 Å². The van der Waals surface area contributed by atoms with Gasteiger partial charge in [-0.15, -0.1) is 0 Å². The van der Waals surface area contributed by atoms with E-state index in [2.05, 4.69) is 31.9 Å². The van der Waals surface area contributed by atoms with Crippen molar-refractivity contribution in [1.82, 2.24) is 0 Å². The van der Waals surface area contributed by atoms with Crippen LogP contribution in [0.15, 0.2) is 62.3 Å². The summed E-state index contributed by atoms with van der Waals surface area (Å²) >= 11 is 6.58. The van der Waals surface area contributed by atoms with E-state index in [0.29, 0.717) is 4.47 Å². The molecule has 0 amide bonds. The van der Waals surface area contributed by atoms with Crippen molar-refractivity contribution in [3.05, 3.63) is 78.8 Å². The lowest BCUT2D eigenvalue weighted by atomic mass is 10.1. The maximum absolute atomic E-state index is 12.2. The molecule has 0 saturated carbocycles. The molecule has 0 heterocycles. The lowest BCUT2D eigenvalue weighted by Gasteiger charge is -1.98. The van der Waals surface area contributed by atoms with Gasteiger partial charge in [0.15, 0.2) is 11.5 Å². The molecule has 0 aromatic heterocycles. The van der Waals surface area contributed by atoms with Gasteiger partial charge < -0.3 is 5.11 Å². The molecule has 5 heteroatoms. The molecule has 21 heavy (non-hydrogen) atoms. The van der Waals surface area contributed by atoms with E-state index in [1.807, 2.05) is 24.3 Å². The number of benzene rings is 1. The van der Waals surface area contributed by atoms with Crippen LogP contribution in [0.2, 0.25) is 0 Å². The maximum atomic E-state index is 12.2. The first-order valence-electron chi connectivity index (χ1n) is 5.99. The number of ketones is 1. The van der Waals surface area contributed by atoms with Crippen LogP contribution in [-0.4, -0.2) is 10.9 Å². The summed E-state index contributed by atoms with van der Waals surface area (Å²) in [4.78, 5) is 23.7. The topological polar surface area (TPSA) is 54.4 Å². The Morgan fingerprint density at radius 1 is 1.10 bits per heavy atom. The van der Waals surface area contributed by atoms with Crippen molar-refractivity contribution in [1.29, 1.82) is 0 Å². The Bertz CT molecular complexity index is 783. The minimum Gasteiger partial charge on any atom is -0.504 e. The quantitative estimate of drug-likeness (QED) is 0.611. The van der Waals surface area contributed by atoms with Gasteiger partial charge in [-0.2, -0.15) is 0 Å². The molecular weight excluding hydrogens is 400 g/mol. The third-order valence-electron chi connectivity index (χ3n) is 2.75. The summed E-state index contributed by atoms with van der Waals surface area (Å²) in [5.41, 5.74) is 0.186. The summed E-state index contributed by atoms with van der Waals surface area (Å²) in [5, 5.41) is 9.81. The normalized spacial score (nSPS) is 10.8. The zero-order chi connectivity index (χ0) is 15.4. The standard InChI is InChI=1S/C16H10Br2O3/c17-11-6-8-15(20)16(21)12(9-11)14(19)7-5-10-3-1-2-4-13(10)18/h1-9H,(H,20,21)/b7-5+. The number of aromatic hydroxyl groups is 1. The highest BCUT2D eigenvalue weighted by atomic mass is 79.9. The van der Waals surface area contributed by atoms with Gasteiger partial charge >= 0.3 is 0 Å². The molecule has 0 radical (unpaired) electrons. The predicted molar refractivity (Wildman–Crippen MR) is 89.6 cm³/mol. The van der Waals surface area contributed by atoms with Gasteiger partial charge in [0.25, 0.3) is 0 Å². The second-order valence-corrected chi connectivity index (χ2v) is 5.98. The van der Waals surface area contributed by atoms with Crippen LogP contribution in [0, 0.1) is 0 Å². The van der Waals surface area contributed by atoms with E-state index in [0.717, 1.165) is 10.0 Å². The summed E-state index contributed by atoms with van der Waals surface area (Å²) in [6.45, 7) is 0. The van der Waals surface area contributed by atoms with Gasteiger partial charge in [-0.25, -0.2) is 0 Å². The van der Waals surface area contributed by atoms with E-state index < -0.39 is 17.0 Å². The molecule has 106 valence electrons. The van der Waals surface area contributed by atoms with Crippen LogP contribution in [0.4, 0.5) is 0 Å². The molecule has 2 aromatic rings. The first-order valence-corrected chi connectivity index (χ1v) is 7.57. The first-order chi connectivity index (χ1) is 9.99. The first kappa shape index (κ1) is 15.7. The number of allylic oxidation sites excluding steroid dienone is 1. The number of hydrogen-bond acceptors (Lipinski definition) is 3. The van der Waals surface area contributed by atoms with Crippen molar-refractivity contribution in [2.45, 2.75) is 0 Å². The van der Waals surface area contributed by atoms with Crippen LogP contribution >= 0.6 is 31.9 Å². The van der Waals surface area contributed by atoms with Gasteiger partial charge in [0, 0.05) is 8.95 Å². The Morgan fingerprint density at radius 3 is 2.52 bits per heavy atom. The minimum absolute atomic E-state index is 0.0415. The lowest BCUT2D eigenvalue weighted by Crippen LogP contribution is -2.01. The summed E-state index contributed by atoms with van der Waals surface area (Å²) < 4.78 is 1.39. The number of carbonyl (C=O) groups excluding carboxylic acids is 1. The minimum atomic E-state index is -0.599. The average molecular weight is 410 g/mol. The Labute approximate surface area is 138 Å². The van der Waals surface area contributed by atoms with E-state index in [4.69, 9.17) is 0 Å². The fraction of sp³-hybridized carbons (Fsp3) is 0. The largest absolute Gasteiger partial charge is 0.504 e. The average Bonchev–Trinajstić information content (AvgIpc) is 2.60. The number of carbonyl (C=O) groups is 1. The molecule has 2 rings (SSSR count). The third-order valence-corrected chi connectivity index (χ3v) is 3.97.